The fourth-order valence-corrected chi connectivity index (χ4v) is 5.51. The molecule has 0 bridgehead atoms. The minimum Gasteiger partial charge on any atom is -0.497 e. The van der Waals surface area contributed by atoms with Gasteiger partial charge in [0.05, 0.1) is 17.7 Å². The molecule has 0 aromatic heterocycles. The van der Waals surface area contributed by atoms with Gasteiger partial charge in [-0.15, -0.1) is 0 Å². The Labute approximate surface area is 245 Å². The number of amides is 2. The minimum atomic E-state index is -4.20. The van der Waals surface area contributed by atoms with Gasteiger partial charge in [0.25, 0.3) is 10.0 Å². The van der Waals surface area contributed by atoms with Crippen LogP contribution >= 0.6 is 23.2 Å². The first-order valence-corrected chi connectivity index (χ1v) is 14.9. The lowest BCUT2D eigenvalue weighted by Gasteiger charge is -2.32. The van der Waals surface area contributed by atoms with E-state index in [0.29, 0.717) is 22.2 Å². The highest BCUT2D eigenvalue weighted by Crippen LogP contribution is 2.27. The van der Waals surface area contributed by atoms with Gasteiger partial charge in [-0.05, 0) is 86.5 Å². The van der Waals surface area contributed by atoms with Gasteiger partial charge in [0.15, 0.2) is 0 Å². The zero-order valence-electron chi connectivity index (χ0n) is 22.8. The summed E-state index contributed by atoms with van der Waals surface area (Å²) in [5.74, 6) is -0.412. The van der Waals surface area contributed by atoms with E-state index in [9.17, 15) is 18.0 Å². The van der Waals surface area contributed by atoms with E-state index in [0.717, 1.165) is 9.87 Å². The van der Waals surface area contributed by atoms with Gasteiger partial charge in [-0.3, -0.25) is 13.9 Å². The van der Waals surface area contributed by atoms with Crippen LogP contribution in [0.5, 0.6) is 5.75 Å². The van der Waals surface area contributed by atoms with Crippen LogP contribution in [0.25, 0.3) is 0 Å². The van der Waals surface area contributed by atoms with Crippen molar-refractivity contribution in [1.82, 2.24) is 10.2 Å². The van der Waals surface area contributed by atoms with Gasteiger partial charge in [-0.25, -0.2) is 8.42 Å². The fraction of sp³-hybridized carbons (Fsp3) is 0.310. The highest BCUT2D eigenvalue weighted by Gasteiger charge is 2.32. The molecule has 0 fully saturated rings. The number of benzene rings is 3. The van der Waals surface area contributed by atoms with E-state index >= 15 is 0 Å². The molecule has 0 radical (unpaired) electrons. The predicted molar refractivity (Wildman–Crippen MR) is 158 cm³/mol. The fourth-order valence-electron chi connectivity index (χ4n) is 3.85. The van der Waals surface area contributed by atoms with Crippen molar-refractivity contribution in [2.75, 3.05) is 18.0 Å². The number of hydrogen-bond donors (Lipinski definition) is 1. The van der Waals surface area contributed by atoms with Crippen LogP contribution in [0.2, 0.25) is 10.0 Å². The first-order valence-electron chi connectivity index (χ1n) is 12.7. The molecule has 0 aliphatic heterocycles. The molecular weight excluding hydrogens is 573 g/mol. The molecule has 0 spiro atoms. The Morgan fingerprint density at radius 3 is 1.98 bits per heavy atom. The highest BCUT2D eigenvalue weighted by molar-refractivity contribution is 7.92. The van der Waals surface area contributed by atoms with E-state index in [-0.39, 0.29) is 29.1 Å². The molecule has 0 saturated heterocycles. The van der Waals surface area contributed by atoms with Crippen molar-refractivity contribution >= 4 is 50.7 Å². The average Bonchev–Trinajstić information content (AvgIpc) is 2.95. The number of carbonyl (C=O) groups is 2. The Kier molecular flexibility index (Phi) is 10.8. The maximum atomic E-state index is 13.9. The van der Waals surface area contributed by atoms with Crippen LogP contribution in [-0.4, -0.2) is 50.9 Å². The maximum absolute atomic E-state index is 13.9. The molecule has 1 N–H and O–H groups in total. The van der Waals surface area contributed by atoms with Crippen molar-refractivity contribution in [3.63, 3.8) is 0 Å². The van der Waals surface area contributed by atoms with E-state index in [1.165, 1.54) is 48.4 Å². The molecule has 11 heteroatoms. The average molecular weight is 607 g/mol. The number of sulfonamides is 1. The Bertz CT molecular complexity index is 1400. The summed E-state index contributed by atoms with van der Waals surface area (Å²) in [4.78, 5) is 28.3. The van der Waals surface area contributed by atoms with Crippen molar-refractivity contribution in [3.05, 3.63) is 88.4 Å². The van der Waals surface area contributed by atoms with E-state index < -0.39 is 28.5 Å². The standard InChI is InChI=1S/C29H33Cl2N3O5S/c1-5-20(2)32-29(36)21(3)33(18-22-6-8-23(30)9-7-22)28(35)19-34(25-12-10-24(31)11-13-25)40(37,38)27-16-14-26(39-4)15-17-27/h6-17,20-21H,5,18-19H2,1-4H3,(H,32,36)/t20-,21-/m0/s1. The lowest BCUT2D eigenvalue weighted by atomic mass is 10.1. The summed E-state index contributed by atoms with van der Waals surface area (Å²) in [5.41, 5.74) is 0.980. The Morgan fingerprint density at radius 2 is 1.45 bits per heavy atom. The van der Waals surface area contributed by atoms with Gasteiger partial charge in [-0.1, -0.05) is 42.3 Å². The summed E-state index contributed by atoms with van der Waals surface area (Å²) < 4.78 is 33.9. The monoisotopic (exact) mass is 605 g/mol. The number of methoxy groups -OCH3 is 1. The predicted octanol–water partition coefficient (Wildman–Crippen LogP) is 5.53. The van der Waals surface area contributed by atoms with Gasteiger partial charge in [-0.2, -0.15) is 0 Å². The number of carbonyl (C=O) groups excluding carboxylic acids is 2. The van der Waals surface area contributed by atoms with Crippen LogP contribution in [0.1, 0.15) is 32.8 Å². The molecular formula is C29H33Cl2N3O5S. The number of nitrogens with zero attached hydrogens (tertiary/aromatic N) is 2. The van der Waals surface area contributed by atoms with Gasteiger partial charge in [0.2, 0.25) is 11.8 Å². The molecule has 0 aliphatic rings. The van der Waals surface area contributed by atoms with Crippen LogP contribution in [-0.2, 0) is 26.2 Å². The first kappa shape index (κ1) is 31.3. The van der Waals surface area contributed by atoms with Crippen LogP contribution in [0, 0.1) is 0 Å². The molecule has 0 unspecified atom stereocenters. The third-order valence-electron chi connectivity index (χ3n) is 6.48. The minimum absolute atomic E-state index is 0.0251. The van der Waals surface area contributed by atoms with Crippen molar-refractivity contribution in [3.8, 4) is 5.75 Å². The van der Waals surface area contributed by atoms with E-state index in [2.05, 4.69) is 5.32 Å². The third-order valence-corrected chi connectivity index (χ3v) is 8.77. The topological polar surface area (TPSA) is 96.0 Å². The van der Waals surface area contributed by atoms with Crippen molar-refractivity contribution in [1.29, 1.82) is 0 Å². The second-order valence-corrected chi connectivity index (χ2v) is 12.0. The Morgan fingerprint density at radius 1 is 0.900 bits per heavy atom. The van der Waals surface area contributed by atoms with E-state index in [1.54, 1.807) is 43.3 Å². The third kappa shape index (κ3) is 7.90. The van der Waals surface area contributed by atoms with Crippen LogP contribution in [0.4, 0.5) is 5.69 Å². The molecule has 3 aromatic carbocycles. The van der Waals surface area contributed by atoms with Crippen molar-refractivity contribution in [2.24, 2.45) is 0 Å². The van der Waals surface area contributed by atoms with Gasteiger partial charge < -0.3 is 15.0 Å². The molecule has 0 saturated carbocycles. The molecule has 214 valence electrons. The Hall–Kier alpha value is -3.27. The quantitative estimate of drug-likeness (QED) is 0.293. The van der Waals surface area contributed by atoms with Gasteiger partial charge in [0.1, 0.15) is 18.3 Å². The van der Waals surface area contributed by atoms with Crippen LogP contribution < -0.4 is 14.4 Å². The van der Waals surface area contributed by atoms with Crippen molar-refractivity contribution in [2.45, 2.75) is 50.7 Å². The molecule has 2 atom stereocenters. The second kappa shape index (κ2) is 13.9. The molecule has 3 aromatic rings. The molecule has 40 heavy (non-hydrogen) atoms. The summed E-state index contributed by atoms with van der Waals surface area (Å²) in [5, 5.41) is 3.85. The SMILES string of the molecule is CC[C@H](C)NC(=O)[C@H](C)N(Cc1ccc(Cl)cc1)C(=O)CN(c1ccc(Cl)cc1)S(=O)(=O)c1ccc(OC)cc1. The zero-order chi connectivity index (χ0) is 29.4. The Balaban J connectivity index is 2.01. The molecule has 8 nitrogen and oxygen atoms in total. The van der Waals surface area contributed by atoms with Crippen LogP contribution in [0.3, 0.4) is 0 Å². The highest BCUT2D eigenvalue weighted by atomic mass is 35.5. The normalized spacial score (nSPS) is 12.8. The van der Waals surface area contributed by atoms with E-state index in [4.69, 9.17) is 27.9 Å². The van der Waals surface area contributed by atoms with Gasteiger partial charge >= 0.3 is 0 Å². The number of hydrogen-bond acceptors (Lipinski definition) is 5. The molecule has 3 rings (SSSR count). The number of anilines is 1. The van der Waals surface area contributed by atoms with Crippen LogP contribution in [0.15, 0.2) is 77.7 Å². The smallest absolute Gasteiger partial charge is 0.264 e. The maximum Gasteiger partial charge on any atom is 0.264 e. The molecule has 2 amide bonds. The number of halogens is 2. The summed E-state index contributed by atoms with van der Waals surface area (Å²) in [7, 11) is -2.72. The molecule has 0 heterocycles. The summed E-state index contributed by atoms with van der Waals surface area (Å²) >= 11 is 12.1. The second-order valence-electron chi connectivity index (χ2n) is 9.31. The van der Waals surface area contributed by atoms with Gasteiger partial charge in [0, 0.05) is 22.6 Å². The first-order chi connectivity index (χ1) is 19.0. The van der Waals surface area contributed by atoms with E-state index in [1.807, 2.05) is 13.8 Å². The summed E-state index contributed by atoms with van der Waals surface area (Å²) in [6.07, 6.45) is 0.716. The summed E-state index contributed by atoms with van der Waals surface area (Å²) in [6, 6.07) is 18.0. The number of nitrogens with one attached hydrogen (secondary N) is 1. The summed E-state index contributed by atoms with van der Waals surface area (Å²) in [6.45, 7) is 4.96. The zero-order valence-corrected chi connectivity index (χ0v) is 25.1. The molecule has 0 aliphatic carbocycles. The number of rotatable bonds is 12. The number of ether oxygens (including phenoxy) is 1. The largest absolute Gasteiger partial charge is 0.497 e. The lowest BCUT2D eigenvalue weighted by Crippen LogP contribution is -2.52. The lowest BCUT2D eigenvalue weighted by molar-refractivity contribution is -0.139. The van der Waals surface area contributed by atoms with Crippen molar-refractivity contribution < 1.29 is 22.7 Å².